The van der Waals surface area contributed by atoms with Crippen LogP contribution in [0.15, 0.2) is 47.1 Å². The van der Waals surface area contributed by atoms with Crippen LogP contribution in [0.5, 0.6) is 0 Å². The molecule has 0 saturated heterocycles. The summed E-state index contributed by atoms with van der Waals surface area (Å²) in [5.74, 6) is 2.48. The molecule has 6 nitrogen and oxygen atoms in total. The van der Waals surface area contributed by atoms with Crippen LogP contribution in [0, 0.1) is 0 Å². The van der Waals surface area contributed by atoms with Crippen LogP contribution < -0.4 is 5.32 Å². The van der Waals surface area contributed by atoms with Gasteiger partial charge in [0.05, 0.1) is 12.8 Å². The first-order valence-electron chi connectivity index (χ1n) is 8.64. The maximum absolute atomic E-state index is 12.5. The molecule has 0 spiro atoms. The Morgan fingerprint density at radius 3 is 3.00 bits per heavy atom. The third-order valence-electron chi connectivity index (χ3n) is 4.52. The first-order chi connectivity index (χ1) is 12.3. The van der Waals surface area contributed by atoms with E-state index in [1.54, 1.807) is 12.3 Å². The normalized spacial score (nSPS) is 13.9. The minimum Gasteiger partial charge on any atom is -0.464 e. The zero-order chi connectivity index (χ0) is 17.1. The van der Waals surface area contributed by atoms with Gasteiger partial charge in [-0.05, 0) is 37.1 Å². The molecule has 0 atom stereocenters. The van der Waals surface area contributed by atoms with Crippen LogP contribution in [0.4, 0.5) is 0 Å². The molecule has 4 rings (SSSR count). The van der Waals surface area contributed by atoms with Crippen molar-refractivity contribution in [2.24, 2.45) is 0 Å². The van der Waals surface area contributed by atoms with Gasteiger partial charge in [0, 0.05) is 24.1 Å². The Kier molecular flexibility index (Phi) is 4.33. The van der Waals surface area contributed by atoms with E-state index in [4.69, 9.17) is 4.42 Å². The number of amides is 1. The number of nitrogens with zero attached hydrogens (tertiary/aromatic N) is 3. The molecule has 0 aliphatic carbocycles. The molecule has 3 heterocycles. The largest absolute Gasteiger partial charge is 0.464 e. The molecule has 128 valence electrons. The highest BCUT2D eigenvalue weighted by molar-refractivity contribution is 5.95. The number of furan rings is 1. The second kappa shape index (κ2) is 6.93. The Morgan fingerprint density at radius 1 is 1.16 bits per heavy atom. The van der Waals surface area contributed by atoms with Crippen LogP contribution in [-0.4, -0.2) is 20.7 Å². The summed E-state index contributed by atoms with van der Waals surface area (Å²) in [4.78, 5) is 12.5. The molecule has 0 unspecified atom stereocenters. The molecule has 1 N–H and O–H groups in total. The third-order valence-corrected chi connectivity index (χ3v) is 4.52. The Bertz CT molecular complexity index is 867. The number of aromatic nitrogens is 3. The fourth-order valence-electron chi connectivity index (χ4n) is 3.19. The van der Waals surface area contributed by atoms with E-state index in [-0.39, 0.29) is 5.91 Å². The Morgan fingerprint density at radius 2 is 2.12 bits per heavy atom. The van der Waals surface area contributed by atoms with Crippen molar-refractivity contribution < 1.29 is 9.21 Å². The molecular weight excluding hydrogens is 316 g/mol. The van der Waals surface area contributed by atoms with Crippen LogP contribution >= 0.6 is 0 Å². The lowest BCUT2D eigenvalue weighted by molar-refractivity contribution is 0.0949. The number of hydrogen-bond acceptors (Lipinski definition) is 4. The Hall–Kier alpha value is -2.89. The lowest BCUT2D eigenvalue weighted by Crippen LogP contribution is -2.25. The summed E-state index contributed by atoms with van der Waals surface area (Å²) in [6.45, 7) is 1.32. The monoisotopic (exact) mass is 336 g/mol. The SMILES string of the molecule is O=C(NCc1nnc2n1CCCCC2)c1cccc(-c2ccco2)c1. The zero-order valence-corrected chi connectivity index (χ0v) is 13.9. The van der Waals surface area contributed by atoms with Crippen molar-refractivity contribution in [1.82, 2.24) is 20.1 Å². The minimum absolute atomic E-state index is 0.126. The minimum atomic E-state index is -0.126. The van der Waals surface area contributed by atoms with E-state index in [1.165, 1.54) is 6.42 Å². The van der Waals surface area contributed by atoms with E-state index in [0.717, 1.165) is 48.8 Å². The van der Waals surface area contributed by atoms with Gasteiger partial charge in [0.1, 0.15) is 11.6 Å². The maximum Gasteiger partial charge on any atom is 0.251 e. The molecular formula is C19H20N4O2. The molecule has 2 aromatic heterocycles. The van der Waals surface area contributed by atoms with E-state index in [0.29, 0.717) is 12.1 Å². The van der Waals surface area contributed by atoms with Crippen LogP contribution in [-0.2, 0) is 19.5 Å². The number of carbonyl (C=O) groups excluding carboxylic acids is 1. The predicted molar refractivity (Wildman–Crippen MR) is 92.9 cm³/mol. The van der Waals surface area contributed by atoms with Crippen LogP contribution in [0.3, 0.4) is 0 Å². The van der Waals surface area contributed by atoms with Gasteiger partial charge in [0.25, 0.3) is 5.91 Å². The van der Waals surface area contributed by atoms with Gasteiger partial charge in [0.2, 0.25) is 0 Å². The number of benzene rings is 1. The van der Waals surface area contributed by atoms with E-state index < -0.39 is 0 Å². The van der Waals surface area contributed by atoms with Gasteiger partial charge in [-0.3, -0.25) is 4.79 Å². The van der Waals surface area contributed by atoms with Crippen molar-refractivity contribution in [1.29, 1.82) is 0 Å². The van der Waals surface area contributed by atoms with Gasteiger partial charge >= 0.3 is 0 Å². The fourth-order valence-corrected chi connectivity index (χ4v) is 3.19. The van der Waals surface area contributed by atoms with Crippen LogP contribution in [0.25, 0.3) is 11.3 Å². The lowest BCUT2D eigenvalue weighted by Gasteiger charge is -2.09. The highest BCUT2D eigenvalue weighted by atomic mass is 16.3. The average Bonchev–Trinajstić information content (AvgIpc) is 3.25. The van der Waals surface area contributed by atoms with Gasteiger partial charge in [-0.1, -0.05) is 18.6 Å². The van der Waals surface area contributed by atoms with Gasteiger partial charge in [-0.2, -0.15) is 0 Å². The van der Waals surface area contributed by atoms with Gasteiger partial charge in [-0.15, -0.1) is 10.2 Å². The number of rotatable bonds is 4. The number of nitrogens with one attached hydrogen (secondary N) is 1. The second-order valence-corrected chi connectivity index (χ2v) is 6.24. The molecule has 6 heteroatoms. The maximum atomic E-state index is 12.5. The zero-order valence-electron chi connectivity index (χ0n) is 13.9. The summed E-state index contributed by atoms with van der Waals surface area (Å²) in [7, 11) is 0. The molecule has 1 amide bonds. The number of carbonyl (C=O) groups is 1. The standard InChI is InChI=1S/C19H20N4O2/c24-19(15-7-4-6-14(12-15)16-8-5-11-25-16)20-13-18-22-21-17-9-2-1-3-10-23(17)18/h4-8,11-12H,1-3,9-10,13H2,(H,20,24). The summed E-state index contributed by atoms with van der Waals surface area (Å²) in [6.07, 6.45) is 6.10. The molecule has 1 aromatic carbocycles. The lowest BCUT2D eigenvalue weighted by atomic mass is 10.1. The molecule has 0 fully saturated rings. The van der Waals surface area contributed by atoms with Crippen molar-refractivity contribution in [3.05, 3.63) is 59.9 Å². The molecule has 0 radical (unpaired) electrons. The average molecular weight is 336 g/mol. The molecule has 3 aromatic rings. The van der Waals surface area contributed by atoms with Crippen molar-refractivity contribution in [2.45, 2.75) is 38.8 Å². The molecule has 1 aliphatic rings. The van der Waals surface area contributed by atoms with E-state index in [2.05, 4.69) is 20.1 Å². The van der Waals surface area contributed by atoms with E-state index >= 15 is 0 Å². The highest BCUT2D eigenvalue weighted by Gasteiger charge is 2.15. The Balaban J connectivity index is 1.46. The summed E-state index contributed by atoms with van der Waals surface area (Å²) in [5.41, 5.74) is 1.48. The number of fused-ring (bicyclic) bond motifs is 1. The summed E-state index contributed by atoms with van der Waals surface area (Å²) >= 11 is 0. The summed E-state index contributed by atoms with van der Waals surface area (Å²) in [5, 5.41) is 11.5. The topological polar surface area (TPSA) is 73.0 Å². The summed E-state index contributed by atoms with van der Waals surface area (Å²) < 4.78 is 7.54. The molecule has 0 saturated carbocycles. The Labute approximate surface area is 145 Å². The van der Waals surface area contributed by atoms with Gasteiger partial charge < -0.3 is 14.3 Å². The van der Waals surface area contributed by atoms with Crippen molar-refractivity contribution in [2.75, 3.05) is 0 Å². The fraction of sp³-hybridized carbons (Fsp3) is 0.316. The predicted octanol–water partition coefficient (Wildman–Crippen LogP) is 3.19. The molecule has 0 bridgehead atoms. The van der Waals surface area contributed by atoms with Crippen molar-refractivity contribution >= 4 is 5.91 Å². The number of aryl methyl sites for hydroxylation is 1. The first-order valence-corrected chi connectivity index (χ1v) is 8.64. The van der Waals surface area contributed by atoms with E-state index in [9.17, 15) is 4.79 Å². The summed E-state index contributed by atoms with van der Waals surface area (Å²) in [6, 6.07) is 11.1. The van der Waals surface area contributed by atoms with Crippen molar-refractivity contribution in [3.63, 3.8) is 0 Å². The van der Waals surface area contributed by atoms with Crippen LogP contribution in [0.1, 0.15) is 41.3 Å². The number of hydrogen-bond donors (Lipinski definition) is 1. The smallest absolute Gasteiger partial charge is 0.251 e. The second-order valence-electron chi connectivity index (χ2n) is 6.24. The van der Waals surface area contributed by atoms with Gasteiger partial charge in [-0.25, -0.2) is 0 Å². The quantitative estimate of drug-likeness (QED) is 0.794. The molecule has 25 heavy (non-hydrogen) atoms. The first kappa shape index (κ1) is 15.6. The molecule has 1 aliphatic heterocycles. The highest BCUT2D eigenvalue weighted by Crippen LogP contribution is 2.21. The van der Waals surface area contributed by atoms with Crippen LogP contribution in [0.2, 0.25) is 0 Å². The van der Waals surface area contributed by atoms with E-state index in [1.807, 2.05) is 30.3 Å². The third kappa shape index (κ3) is 3.33. The van der Waals surface area contributed by atoms with Gasteiger partial charge in [0.15, 0.2) is 5.82 Å². The van der Waals surface area contributed by atoms with Crippen molar-refractivity contribution in [3.8, 4) is 11.3 Å².